The average Bonchev–Trinajstić information content (AvgIpc) is 1.97. The van der Waals surface area contributed by atoms with E-state index < -0.39 is 0 Å². The zero-order valence-corrected chi connectivity index (χ0v) is 7.29. The predicted molar refractivity (Wildman–Crippen MR) is 43.1 cm³/mol. The third-order valence-electron chi connectivity index (χ3n) is 1.87. The molecule has 0 bridgehead atoms. The zero-order chi connectivity index (χ0) is 8.69. The molecule has 3 heteroatoms. The SMILES string of the molecule is CC(C)C(CCO)COCO. The van der Waals surface area contributed by atoms with E-state index in [1.165, 1.54) is 0 Å². The highest BCUT2D eigenvalue weighted by molar-refractivity contribution is 4.61. The first-order valence-electron chi connectivity index (χ1n) is 4.01. The van der Waals surface area contributed by atoms with Crippen molar-refractivity contribution in [3.05, 3.63) is 0 Å². The lowest BCUT2D eigenvalue weighted by Gasteiger charge is -2.18. The molecule has 0 heterocycles. The van der Waals surface area contributed by atoms with E-state index >= 15 is 0 Å². The first-order valence-corrected chi connectivity index (χ1v) is 4.01. The lowest BCUT2D eigenvalue weighted by atomic mass is 9.94. The van der Waals surface area contributed by atoms with Crippen molar-refractivity contribution in [2.75, 3.05) is 20.0 Å². The second-order valence-corrected chi connectivity index (χ2v) is 3.02. The highest BCUT2D eigenvalue weighted by Crippen LogP contribution is 2.14. The van der Waals surface area contributed by atoms with Crippen LogP contribution in [-0.4, -0.2) is 30.2 Å². The van der Waals surface area contributed by atoms with Crippen LogP contribution in [0.15, 0.2) is 0 Å². The first kappa shape index (κ1) is 10.9. The summed E-state index contributed by atoms with van der Waals surface area (Å²) in [5.74, 6) is 0.848. The van der Waals surface area contributed by atoms with Crippen molar-refractivity contribution in [2.24, 2.45) is 11.8 Å². The summed E-state index contributed by atoms with van der Waals surface area (Å²) in [6.07, 6.45) is 0.748. The fourth-order valence-electron chi connectivity index (χ4n) is 0.979. The van der Waals surface area contributed by atoms with Crippen molar-refractivity contribution in [2.45, 2.75) is 20.3 Å². The Bertz CT molecular complexity index is 83.4. The van der Waals surface area contributed by atoms with Gasteiger partial charge >= 0.3 is 0 Å². The molecule has 0 rings (SSSR count). The van der Waals surface area contributed by atoms with E-state index in [0.717, 1.165) is 6.42 Å². The van der Waals surface area contributed by atoms with Crippen molar-refractivity contribution in [3.8, 4) is 0 Å². The van der Waals surface area contributed by atoms with E-state index in [4.69, 9.17) is 14.9 Å². The minimum absolute atomic E-state index is 0.192. The van der Waals surface area contributed by atoms with E-state index in [1.54, 1.807) is 0 Å². The van der Waals surface area contributed by atoms with E-state index in [1.807, 2.05) is 0 Å². The van der Waals surface area contributed by atoms with E-state index in [-0.39, 0.29) is 13.4 Å². The van der Waals surface area contributed by atoms with Crippen LogP contribution in [0.2, 0.25) is 0 Å². The third kappa shape index (κ3) is 5.18. The lowest BCUT2D eigenvalue weighted by Crippen LogP contribution is -2.17. The van der Waals surface area contributed by atoms with Gasteiger partial charge in [-0.2, -0.15) is 0 Å². The number of aliphatic hydroxyl groups is 2. The van der Waals surface area contributed by atoms with Gasteiger partial charge < -0.3 is 14.9 Å². The predicted octanol–water partition coefficient (Wildman–Crippen LogP) is 0.607. The van der Waals surface area contributed by atoms with Gasteiger partial charge in [-0.25, -0.2) is 0 Å². The fraction of sp³-hybridized carbons (Fsp3) is 1.00. The summed E-state index contributed by atoms with van der Waals surface area (Å²) in [6.45, 7) is 4.67. The number of hydrogen-bond donors (Lipinski definition) is 2. The van der Waals surface area contributed by atoms with Crippen LogP contribution in [0.1, 0.15) is 20.3 Å². The van der Waals surface area contributed by atoms with Gasteiger partial charge in [-0.1, -0.05) is 13.8 Å². The molecule has 3 nitrogen and oxygen atoms in total. The van der Waals surface area contributed by atoms with Gasteiger partial charge in [-0.05, 0) is 18.3 Å². The number of rotatable bonds is 6. The van der Waals surface area contributed by atoms with Crippen LogP contribution in [0, 0.1) is 11.8 Å². The maximum atomic E-state index is 8.67. The lowest BCUT2D eigenvalue weighted by molar-refractivity contribution is -0.0275. The van der Waals surface area contributed by atoms with Crippen molar-refractivity contribution in [1.82, 2.24) is 0 Å². The molecule has 0 fully saturated rings. The Balaban J connectivity index is 3.51. The normalized spacial score (nSPS) is 13.9. The van der Waals surface area contributed by atoms with Crippen molar-refractivity contribution < 1.29 is 14.9 Å². The molecule has 0 spiro atoms. The molecular formula is C8H18O3. The van der Waals surface area contributed by atoms with Gasteiger partial charge in [0.1, 0.15) is 6.79 Å². The largest absolute Gasteiger partial charge is 0.396 e. The minimum Gasteiger partial charge on any atom is -0.396 e. The molecule has 2 N–H and O–H groups in total. The van der Waals surface area contributed by atoms with Gasteiger partial charge in [0.05, 0.1) is 6.61 Å². The van der Waals surface area contributed by atoms with Crippen LogP contribution in [0.4, 0.5) is 0 Å². The molecule has 1 unspecified atom stereocenters. The van der Waals surface area contributed by atoms with Gasteiger partial charge in [0.2, 0.25) is 0 Å². The highest BCUT2D eigenvalue weighted by atomic mass is 16.6. The monoisotopic (exact) mass is 162 g/mol. The standard InChI is InChI=1S/C8H18O3/c1-7(2)8(3-4-9)5-11-6-10/h7-10H,3-6H2,1-2H3. The molecule has 11 heavy (non-hydrogen) atoms. The van der Waals surface area contributed by atoms with Gasteiger partial charge in [-0.15, -0.1) is 0 Å². The summed E-state index contributed by atoms with van der Waals surface area (Å²) < 4.78 is 4.85. The minimum atomic E-state index is -0.228. The van der Waals surface area contributed by atoms with E-state index in [0.29, 0.717) is 18.4 Å². The molecule has 68 valence electrons. The Morgan fingerprint density at radius 1 is 1.27 bits per heavy atom. The third-order valence-corrected chi connectivity index (χ3v) is 1.87. The van der Waals surface area contributed by atoms with Crippen molar-refractivity contribution in [3.63, 3.8) is 0 Å². The van der Waals surface area contributed by atoms with Gasteiger partial charge in [0, 0.05) is 6.61 Å². The Hall–Kier alpha value is -0.120. The van der Waals surface area contributed by atoms with Gasteiger partial charge in [0.25, 0.3) is 0 Å². The Morgan fingerprint density at radius 2 is 1.91 bits per heavy atom. The topological polar surface area (TPSA) is 49.7 Å². The van der Waals surface area contributed by atoms with Crippen molar-refractivity contribution >= 4 is 0 Å². The molecule has 0 aromatic rings. The number of aliphatic hydroxyl groups excluding tert-OH is 2. The summed E-state index contributed by atoms with van der Waals surface area (Å²) in [4.78, 5) is 0. The molecule has 0 aliphatic rings. The molecule has 0 aliphatic carbocycles. The summed E-state index contributed by atoms with van der Waals surface area (Å²) in [5.41, 5.74) is 0. The average molecular weight is 162 g/mol. The van der Waals surface area contributed by atoms with Crippen LogP contribution in [0.5, 0.6) is 0 Å². The van der Waals surface area contributed by atoms with Gasteiger partial charge in [-0.3, -0.25) is 0 Å². The zero-order valence-electron chi connectivity index (χ0n) is 7.29. The second-order valence-electron chi connectivity index (χ2n) is 3.02. The molecule has 0 saturated heterocycles. The molecule has 1 atom stereocenters. The molecule has 0 aromatic carbocycles. The van der Waals surface area contributed by atoms with Crippen molar-refractivity contribution in [1.29, 1.82) is 0 Å². The molecule has 0 radical (unpaired) electrons. The molecule has 0 aliphatic heterocycles. The number of hydrogen-bond acceptors (Lipinski definition) is 3. The number of ether oxygens (including phenoxy) is 1. The summed E-state index contributed by atoms with van der Waals surface area (Å²) >= 11 is 0. The summed E-state index contributed by atoms with van der Waals surface area (Å²) in [5, 5.41) is 17.0. The second kappa shape index (κ2) is 6.58. The maximum Gasteiger partial charge on any atom is 0.143 e. The molecule has 0 aromatic heterocycles. The molecule has 0 saturated carbocycles. The molecular weight excluding hydrogens is 144 g/mol. The highest BCUT2D eigenvalue weighted by Gasteiger charge is 2.12. The molecule has 0 amide bonds. The Labute approximate surface area is 68.0 Å². The quantitative estimate of drug-likeness (QED) is 0.562. The smallest absolute Gasteiger partial charge is 0.143 e. The first-order chi connectivity index (χ1) is 5.22. The van der Waals surface area contributed by atoms with Crippen LogP contribution in [-0.2, 0) is 4.74 Å². The van der Waals surface area contributed by atoms with E-state index in [2.05, 4.69) is 13.8 Å². The van der Waals surface area contributed by atoms with Crippen LogP contribution in [0.3, 0.4) is 0 Å². The van der Waals surface area contributed by atoms with Crippen LogP contribution >= 0.6 is 0 Å². The Kier molecular flexibility index (Phi) is 6.51. The van der Waals surface area contributed by atoms with Gasteiger partial charge in [0.15, 0.2) is 0 Å². The van der Waals surface area contributed by atoms with Crippen LogP contribution in [0.25, 0.3) is 0 Å². The Morgan fingerprint density at radius 3 is 2.27 bits per heavy atom. The summed E-state index contributed by atoms with van der Waals surface area (Å²) in [6, 6.07) is 0. The van der Waals surface area contributed by atoms with E-state index in [9.17, 15) is 0 Å². The van der Waals surface area contributed by atoms with Crippen LogP contribution < -0.4 is 0 Å². The fourth-order valence-corrected chi connectivity index (χ4v) is 0.979. The maximum absolute atomic E-state index is 8.67. The summed E-state index contributed by atoms with van der Waals surface area (Å²) in [7, 11) is 0.